The third-order valence-electron chi connectivity index (χ3n) is 3.53. The van der Waals surface area contributed by atoms with E-state index in [-0.39, 0.29) is 10.3 Å². The lowest BCUT2D eigenvalue weighted by atomic mass is 10.1. The largest absolute Gasteiger partial charge is 0.241 e. The van der Waals surface area contributed by atoms with Crippen molar-refractivity contribution in [2.75, 3.05) is 6.54 Å². The van der Waals surface area contributed by atoms with Crippen molar-refractivity contribution in [3.63, 3.8) is 0 Å². The summed E-state index contributed by atoms with van der Waals surface area (Å²) in [7, 11) is -3.43. The second-order valence-corrected chi connectivity index (χ2v) is 8.26. The predicted octanol–water partition coefficient (Wildman–Crippen LogP) is 3.68. The Morgan fingerprint density at radius 2 is 2.00 bits per heavy atom. The molecule has 1 aliphatic rings. The fourth-order valence-electron chi connectivity index (χ4n) is 1.85. The molecule has 1 N–H and O–H groups in total. The minimum Gasteiger partial charge on any atom is -0.211 e. The molecule has 0 amide bonds. The first kappa shape index (κ1) is 14.5. The van der Waals surface area contributed by atoms with Crippen LogP contribution in [0, 0.1) is 5.41 Å². The van der Waals surface area contributed by atoms with E-state index in [1.807, 2.05) is 0 Å². The Morgan fingerprint density at radius 1 is 1.33 bits per heavy atom. The Kier molecular flexibility index (Phi) is 4.21. The lowest BCUT2D eigenvalue weighted by Gasteiger charge is -2.14. The summed E-state index contributed by atoms with van der Waals surface area (Å²) in [5.74, 6) is 0. The fourth-order valence-corrected chi connectivity index (χ4v) is 4.75. The first-order valence-electron chi connectivity index (χ1n) is 5.83. The van der Waals surface area contributed by atoms with Crippen LogP contribution in [-0.2, 0) is 10.0 Å². The van der Waals surface area contributed by atoms with Crippen LogP contribution in [0.4, 0.5) is 0 Å². The summed E-state index contributed by atoms with van der Waals surface area (Å²) in [4.78, 5) is 0.289. The second kappa shape index (κ2) is 5.23. The van der Waals surface area contributed by atoms with Crippen LogP contribution in [0.2, 0.25) is 0 Å². The maximum absolute atomic E-state index is 12.2. The molecular formula is C12H15Br2NO2S. The van der Waals surface area contributed by atoms with Crippen molar-refractivity contribution in [2.24, 2.45) is 5.41 Å². The molecule has 6 heteroatoms. The van der Waals surface area contributed by atoms with Crippen LogP contribution in [0.15, 0.2) is 32.0 Å². The zero-order valence-corrected chi connectivity index (χ0v) is 14.0. The van der Waals surface area contributed by atoms with Gasteiger partial charge in [-0.1, -0.05) is 22.9 Å². The minimum atomic E-state index is -3.43. The molecule has 0 radical (unpaired) electrons. The zero-order valence-electron chi connectivity index (χ0n) is 10.0. The molecule has 1 saturated carbocycles. The van der Waals surface area contributed by atoms with Crippen LogP contribution < -0.4 is 4.72 Å². The highest BCUT2D eigenvalue weighted by atomic mass is 79.9. The Balaban J connectivity index is 2.15. The molecular weight excluding hydrogens is 382 g/mol. The molecule has 0 aliphatic heterocycles. The molecule has 0 bridgehead atoms. The highest BCUT2D eigenvalue weighted by Gasteiger charge is 2.41. The summed E-state index contributed by atoms with van der Waals surface area (Å²) in [6.45, 7) is 2.64. The number of benzene rings is 1. The molecule has 100 valence electrons. The van der Waals surface area contributed by atoms with Gasteiger partial charge in [0.25, 0.3) is 0 Å². The highest BCUT2D eigenvalue weighted by Crippen LogP contribution is 2.48. The van der Waals surface area contributed by atoms with Crippen LogP contribution in [0.25, 0.3) is 0 Å². The van der Waals surface area contributed by atoms with Crippen molar-refractivity contribution in [3.05, 3.63) is 27.1 Å². The summed E-state index contributed by atoms with van der Waals surface area (Å²) >= 11 is 6.60. The number of nitrogens with one attached hydrogen (secondary N) is 1. The van der Waals surface area contributed by atoms with Crippen LogP contribution in [0.1, 0.15) is 26.2 Å². The lowest BCUT2D eigenvalue weighted by Crippen LogP contribution is -2.30. The summed E-state index contributed by atoms with van der Waals surface area (Å²) in [6.07, 6.45) is 3.26. The summed E-state index contributed by atoms with van der Waals surface area (Å²) in [6, 6.07) is 5.06. The quantitative estimate of drug-likeness (QED) is 0.824. The van der Waals surface area contributed by atoms with E-state index < -0.39 is 10.0 Å². The molecule has 0 atom stereocenters. The normalized spacial score (nSPS) is 17.7. The van der Waals surface area contributed by atoms with E-state index in [0.29, 0.717) is 11.0 Å². The average molecular weight is 397 g/mol. The first-order chi connectivity index (χ1) is 8.38. The Labute approximate surface area is 125 Å². The van der Waals surface area contributed by atoms with E-state index in [1.165, 1.54) is 0 Å². The van der Waals surface area contributed by atoms with Crippen LogP contribution >= 0.6 is 31.9 Å². The summed E-state index contributed by atoms with van der Waals surface area (Å²) in [5.41, 5.74) is 0.203. The third kappa shape index (κ3) is 3.15. The van der Waals surface area contributed by atoms with Crippen molar-refractivity contribution in [2.45, 2.75) is 31.1 Å². The maximum Gasteiger partial charge on any atom is 0.241 e. The van der Waals surface area contributed by atoms with Crippen molar-refractivity contribution in [3.8, 4) is 0 Å². The van der Waals surface area contributed by atoms with Gasteiger partial charge in [-0.2, -0.15) is 0 Å². The molecule has 1 aromatic rings. The van der Waals surface area contributed by atoms with Gasteiger partial charge in [0.15, 0.2) is 0 Å². The summed E-state index contributed by atoms with van der Waals surface area (Å²) < 4.78 is 28.5. The smallest absolute Gasteiger partial charge is 0.211 e. The molecule has 2 rings (SSSR count). The number of hydrogen-bond donors (Lipinski definition) is 1. The van der Waals surface area contributed by atoms with Gasteiger partial charge >= 0.3 is 0 Å². The predicted molar refractivity (Wildman–Crippen MR) is 79.0 cm³/mol. The Hall–Kier alpha value is 0.0900. The van der Waals surface area contributed by atoms with Gasteiger partial charge in [0, 0.05) is 15.5 Å². The fraction of sp³-hybridized carbons (Fsp3) is 0.500. The van der Waals surface area contributed by atoms with E-state index >= 15 is 0 Å². The molecule has 1 fully saturated rings. The van der Waals surface area contributed by atoms with E-state index in [4.69, 9.17) is 0 Å². The molecule has 0 heterocycles. The van der Waals surface area contributed by atoms with Crippen molar-refractivity contribution >= 4 is 41.9 Å². The van der Waals surface area contributed by atoms with Crippen molar-refractivity contribution in [1.82, 2.24) is 4.72 Å². The number of hydrogen-bond acceptors (Lipinski definition) is 2. The zero-order chi connectivity index (χ0) is 13.4. The van der Waals surface area contributed by atoms with Gasteiger partial charge < -0.3 is 0 Å². The van der Waals surface area contributed by atoms with Gasteiger partial charge in [0.05, 0.1) is 4.90 Å². The molecule has 3 nitrogen and oxygen atoms in total. The average Bonchev–Trinajstić information content (AvgIpc) is 3.07. The minimum absolute atomic E-state index is 0.203. The maximum atomic E-state index is 12.2. The molecule has 1 aromatic carbocycles. The molecule has 1 aliphatic carbocycles. The second-order valence-electron chi connectivity index (χ2n) is 4.75. The highest BCUT2D eigenvalue weighted by molar-refractivity contribution is 9.11. The number of rotatable bonds is 5. The van der Waals surface area contributed by atoms with E-state index in [2.05, 4.69) is 43.5 Å². The Morgan fingerprint density at radius 3 is 2.50 bits per heavy atom. The topological polar surface area (TPSA) is 46.2 Å². The van der Waals surface area contributed by atoms with Gasteiger partial charge in [0.1, 0.15) is 0 Å². The van der Waals surface area contributed by atoms with Crippen molar-refractivity contribution in [1.29, 1.82) is 0 Å². The molecule has 0 spiro atoms. The summed E-state index contributed by atoms with van der Waals surface area (Å²) in [5, 5.41) is 0. The monoisotopic (exact) mass is 395 g/mol. The van der Waals surface area contributed by atoms with E-state index in [0.717, 1.165) is 23.7 Å². The lowest BCUT2D eigenvalue weighted by molar-refractivity contribution is 0.475. The Bertz CT molecular complexity index is 553. The first-order valence-corrected chi connectivity index (χ1v) is 8.90. The third-order valence-corrected chi connectivity index (χ3v) is 6.40. The standard InChI is InChI=1S/C12H15Br2NO2S/c1-2-12(5-6-12)8-15-18(16,17)11-4-3-9(13)7-10(11)14/h3-4,7,15H,2,5-6,8H2,1H3. The van der Waals surface area contributed by atoms with E-state index in [9.17, 15) is 8.42 Å². The SMILES string of the molecule is CCC1(CNS(=O)(=O)c2ccc(Br)cc2Br)CC1. The van der Waals surface area contributed by atoms with E-state index in [1.54, 1.807) is 18.2 Å². The van der Waals surface area contributed by atoms with Gasteiger partial charge in [-0.25, -0.2) is 13.1 Å². The molecule has 0 unspecified atom stereocenters. The molecule has 18 heavy (non-hydrogen) atoms. The van der Waals surface area contributed by atoms with Crippen LogP contribution in [0.3, 0.4) is 0 Å². The van der Waals surface area contributed by atoms with Gasteiger partial charge in [-0.15, -0.1) is 0 Å². The van der Waals surface area contributed by atoms with Crippen LogP contribution in [0.5, 0.6) is 0 Å². The van der Waals surface area contributed by atoms with Gasteiger partial charge in [-0.05, 0) is 58.8 Å². The van der Waals surface area contributed by atoms with Crippen LogP contribution in [-0.4, -0.2) is 15.0 Å². The number of sulfonamides is 1. The number of halogens is 2. The van der Waals surface area contributed by atoms with Crippen molar-refractivity contribution < 1.29 is 8.42 Å². The molecule has 0 aromatic heterocycles. The van der Waals surface area contributed by atoms with Gasteiger partial charge in [0.2, 0.25) is 10.0 Å². The van der Waals surface area contributed by atoms with Gasteiger partial charge in [-0.3, -0.25) is 0 Å². The molecule has 0 saturated heterocycles.